The van der Waals surface area contributed by atoms with E-state index in [0.29, 0.717) is 16.7 Å². The molecule has 0 radical (unpaired) electrons. The zero-order valence-electron chi connectivity index (χ0n) is 13.3. The third-order valence-electron chi connectivity index (χ3n) is 4.30. The topological polar surface area (TPSA) is 73.1 Å². The minimum Gasteiger partial charge on any atom is -0.254 e. The van der Waals surface area contributed by atoms with Gasteiger partial charge in [0, 0.05) is 0 Å². The number of nitrogens with two attached hydrogens (primary N) is 1. The second-order valence-electron chi connectivity index (χ2n) is 6.03. The Hall–Kier alpha value is -2.26. The fourth-order valence-electron chi connectivity index (χ4n) is 2.99. The lowest BCUT2D eigenvalue weighted by molar-refractivity contribution is -0.170. The summed E-state index contributed by atoms with van der Waals surface area (Å²) in [6.45, 7) is 0. The Labute approximate surface area is 147 Å². The molecule has 0 saturated heterocycles. The number of alkyl halides is 3. The maximum Gasteiger partial charge on any atom is 0.392 e. The van der Waals surface area contributed by atoms with Crippen molar-refractivity contribution in [3.8, 4) is 0 Å². The Balaban J connectivity index is 2.06. The molecule has 1 atom stereocenters. The van der Waals surface area contributed by atoms with E-state index in [1.54, 1.807) is 0 Å². The van der Waals surface area contributed by atoms with Crippen LogP contribution in [0.2, 0.25) is 0 Å². The van der Waals surface area contributed by atoms with E-state index in [9.17, 15) is 26.0 Å². The van der Waals surface area contributed by atoms with E-state index >= 15 is 0 Å². The van der Waals surface area contributed by atoms with Crippen LogP contribution in [0.15, 0.2) is 47.5 Å². The minimum absolute atomic E-state index is 0.131. The van der Waals surface area contributed by atoms with Gasteiger partial charge in [0.05, 0.1) is 22.7 Å². The standard InChI is InChI=1S/C17H14F4N2O2S/c18-12-3-6-16(23-9-12)15-8-11(17(19,20)21)7-14(15)10-1-4-13(5-2-10)26(22,24)25/h1-6,9,11H,7-8H2,(H2,22,24,25). The molecule has 0 fully saturated rings. The lowest BCUT2D eigenvalue weighted by Crippen LogP contribution is -2.20. The number of sulfonamides is 1. The summed E-state index contributed by atoms with van der Waals surface area (Å²) in [4.78, 5) is 3.76. The first-order valence-electron chi connectivity index (χ1n) is 7.59. The molecule has 1 unspecified atom stereocenters. The van der Waals surface area contributed by atoms with Crippen molar-refractivity contribution >= 4 is 21.2 Å². The fraction of sp³-hybridized carbons (Fsp3) is 0.235. The first-order chi connectivity index (χ1) is 12.1. The van der Waals surface area contributed by atoms with Crippen molar-refractivity contribution in [1.82, 2.24) is 4.98 Å². The molecular weight excluding hydrogens is 372 g/mol. The molecule has 0 amide bonds. The number of hydrogen-bond acceptors (Lipinski definition) is 3. The monoisotopic (exact) mass is 386 g/mol. The van der Waals surface area contributed by atoms with Crippen LogP contribution in [0.3, 0.4) is 0 Å². The smallest absolute Gasteiger partial charge is 0.254 e. The zero-order valence-corrected chi connectivity index (χ0v) is 14.1. The molecule has 1 aromatic heterocycles. The minimum atomic E-state index is -4.38. The maximum absolute atomic E-state index is 13.2. The molecule has 3 rings (SSSR count). The van der Waals surface area contributed by atoms with Gasteiger partial charge in [0.1, 0.15) is 5.82 Å². The second kappa shape index (κ2) is 6.48. The van der Waals surface area contributed by atoms with Gasteiger partial charge in [-0.15, -0.1) is 0 Å². The molecule has 4 nitrogen and oxygen atoms in total. The van der Waals surface area contributed by atoms with Gasteiger partial charge in [-0.1, -0.05) is 12.1 Å². The number of nitrogens with zero attached hydrogens (tertiary/aromatic N) is 1. The summed E-state index contributed by atoms with van der Waals surface area (Å²) in [5.41, 5.74) is 1.50. The van der Waals surface area contributed by atoms with Gasteiger partial charge in [0.25, 0.3) is 0 Å². The Morgan fingerprint density at radius 2 is 1.62 bits per heavy atom. The first kappa shape index (κ1) is 18.5. The molecule has 0 aliphatic heterocycles. The van der Waals surface area contributed by atoms with Gasteiger partial charge in [-0.25, -0.2) is 17.9 Å². The Kier molecular flexibility index (Phi) is 4.61. The second-order valence-corrected chi connectivity index (χ2v) is 7.60. The molecule has 2 N–H and O–H groups in total. The molecule has 2 aromatic rings. The van der Waals surface area contributed by atoms with Crippen LogP contribution in [-0.2, 0) is 10.0 Å². The number of halogens is 4. The number of benzene rings is 1. The molecule has 1 aromatic carbocycles. The van der Waals surface area contributed by atoms with Gasteiger partial charge >= 0.3 is 6.18 Å². The highest BCUT2D eigenvalue weighted by Crippen LogP contribution is 2.48. The predicted octanol–water partition coefficient (Wildman–Crippen LogP) is 3.75. The molecule has 1 aliphatic carbocycles. The molecule has 9 heteroatoms. The Bertz CT molecular complexity index is 950. The molecular formula is C17H14F4N2O2S. The number of rotatable bonds is 3. The molecule has 26 heavy (non-hydrogen) atoms. The summed E-state index contributed by atoms with van der Waals surface area (Å²) < 4.78 is 75.4. The van der Waals surface area contributed by atoms with Crippen LogP contribution in [0, 0.1) is 11.7 Å². The molecule has 1 aliphatic rings. The van der Waals surface area contributed by atoms with Crippen molar-refractivity contribution in [1.29, 1.82) is 0 Å². The third kappa shape index (κ3) is 3.78. The fourth-order valence-corrected chi connectivity index (χ4v) is 3.51. The molecule has 0 saturated carbocycles. The molecule has 0 bridgehead atoms. The van der Waals surface area contributed by atoms with Crippen molar-refractivity contribution in [3.63, 3.8) is 0 Å². The van der Waals surface area contributed by atoms with E-state index in [4.69, 9.17) is 5.14 Å². The van der Waals surface area contributed by atoms with Crippen LogP contribution in [0.25, 0.3) is 11.1 Å². The average Bonchev–Trinajstić information content (AvgIpc) is 3.00. The SMILES string of the molecule is NS(=O)(=O)c1ccc(C2=C(c3ccc(F)cn3)CC(C(F)(F)F)C2)cc1. The highest BCUT2D eigenvalue weighted by Gasteiger charge is 2.44. The van der Waals surface area contributed by atoms with Crippen LogP contribution in [0.1, 0.15) is 24.1 Å². The lowest BCUT2D eigenvalue weighted by Gasteiger charge is -2.14. The van der Waals surface area contributed by atoms with Gasteiger partial charge in [-0.05, 0) is 53.8 Å². The quantitative estimate of drug-likeness (QED) is 0.817. The summed E-state index contributed by atoms with van der Waals surface area (Å²) in [6.07, 6.45) is -3.96. The number of primary sulfonamides is 1. The van der Waals surface area contributed by atoms with E-state index in [-0.39, 0.29) is 23.4 Å². The van der Waals surface area contributed by atoms with E-state index in [2.05, 4.69) is 4.98 Å². The number of aromatic nitrogens is 1. The van der Waals surface area contributed by atoms with Gasteiger partial charge in [-0.2, -0.15) is 13.2 Å². The van der Waals surface area contributed by atoms with Gasteiger partial charge in [0.15, 0.2) is 0 Å². The van der Waals surface area contributed by atoms with Crippen LogP contribution in [-0.4, -0.2) is 19.6 Å². The van der Waals surface area contributed by atoms with Gasteiger partial charge in [-0.3, -0.25) is 4.98 Å². The summed E-state index contributed by atoms with van der Waals surface area (Å²) in [5, 5.41) is 5.04. The molecule has 1 heterocycles. The zero-order chi connectivity index (χ0) is 19.1. The summed E-state index contributed by atoms with van der Waals surface area (Å²) in [5.74, 6) is -2.16. The predicted molar refractivity (Wildman–Crippen MR) is 87.6 cm³/mol. The summed E-state index contributed by atoms with van der Waals surface area (Å²) in [6, 6.07) is 7.79. The van der Waals surface area contributed by atoms with Crippen LogP contribution >= 0.6 is 0 Å². The maximum atomic E-state index is 13.2. The van der Waals surface area contributed by atoms with Crippen molar-refractivity contribution in [2.75, 3.05) is 0 Å². The Morgan fingerprint density at radius 1 is 1.00 bits per heavy atom. The molecule has 138 valence electrons. The van der Waals surface area contributed by atoms with E-state index in [1.807, 2.05) is 0 Å². The van der Waals surface area contributed by atoms with Crippen LogP contribution < -0.4 is 5.14 Å². The van der Waals surface area contributed by atoms with E-state index in [1.165, 1.54) is 30.3 Å². The highest BCUT2D eigenvalue weighted by molar-refractivity contribution is 7.89. The summed E-state index contributed by atoms with van der Waals surface area (Å²) >= 11 is 0. The highest BCUT2D eigenvalue weighted by atomic mass is 32.2. The lowest BCUT2D eigenvalue weighted by atomic mass is 9.99. The average molecular weight is 386 g/mol. The van der Waals surface area contributed by atoms with E-state index < -0.39 is 27.9 Å². The summed E-state index contributed by atoms with van der Waals surface area (Å²) in [7, 11) is -3.90. The van der Waals surface area contributed by atoms with Crippen LogP contribution in [0.5, 0.6) is 0 Å². The van der Waals surface area contributed by atoms with Crippen molar-refractivity contribution < 1.29 is 26.0 Å². The first-order valence-corrected chi connectivity index (χ1v) is 9.14. The van der Waals surface area contributed by atoms with Crippen molar-refractivity contribution in [3.05, 3.63) is 59.7 Å². The number of allylic oxidation sites excluding steroid dienone is 2. The van der Waals surface area contributed by atoms with E-state index in [0.717, 1.165) is 12.3 Å². The Morgan fingerprint density at radius 3 is 2.12 bits per heavy atom. The van der Waals surface area contributed by atoms with Crippen molar-refractivity contribution in [2.45, 2.75) is 23.9 Å². The third-order valence-corrected chi connectivity index (χ3v) is 5.23. The number of pyridine rings is 1. The van der Waals surface area contributed by atoms with Gasteiger partial charge < -0.3 is 0 Å². The largest absolute Gasteiger partial charge is 0.392 e. The van der Waals surface area contributed by atoms with Crippen LogP contribution in [0.4, 0.5) is 17.6 Å². The molecule has 0 spiro atoms. The number of hydrogen-bond donors (Lipinski definition) is 1. The van der Waals surface area contributed by atoms with Crippen molar-refractivity contribution in [2.24, 2.45) is 11.1 Å². The van der Waals surface area contributed by atoms with Gasteiger partial charge in [0.2, 0.25) is 10.0 Å². The normalized spacial score (nSPS) is 18.4.